The molecular formula is C12H13N3. The lowest BCUT2D eigenvalue weighted by molar-refractivity contribution is 1.10. The van der Waals surface area contributed by atoms with Gasteiger partial charge in [0.25, 0.3) is 0 Å². The van der Waals surface area contributed by atoms with Crippen LogP contribution >= 0.6 is 0 Å². The van der Waals surface area contributed by atoms with Gasteiger partial charge in [0.15, 0.2) is 0 Å². The molecule has 15 heavy (non-hydrogen) atoms. The highest BCUT2D eigenvalue weighted by atomic mass is 14.8. The van der Waals surface area contributed by atoms with E-state index >= 15 is 0 Å². The van der Waals surface area contributed by atoms with E-state index in [1.165, 1.54) is 5.56 Å². The molecule has 3 nitrogen and oxygen atoms in total. The molecule has 0 fully saturated rings. The number of hydrogen-bond donors (Lipinski definition) is 1. The predicted octanol–water partition coefficient (Wildman–Crippen LogP) is 1.96. The van der Waals surface area contributed by atoms with Crippen molar-refractivity contribution in [2.24, 2.45) is 0 Å². The summed E-state index contributed by atoms with van der Waals surface area (Å²) < 4.78 is 0. The van der Waals surface area contributed by atoms with Gasteiger partial charge in [0.1, 0.15) is 5.82 Å². The topological polar surface area (TPSA) is 51.8 Å². The Morgan fingerprint density at radius 2 is 2.00 bits per heavy atom. The molecule has 3 heteroatoms. The quantitative estimate of drug-likeness (QED) is 0.804. The summed E-state index contributed by atoms with van der Waals surface area (Å²) in [5.41, 5.74) is 8.99. The third-order valence-electron chi connectivity index (χ3n) is 2.23. The van der Waals surface area contributed by atoms with Crippen molar-refractivity contribution in [2.75, 3.05) is 5.73 Å². The number of nitrogens with two attached hydrogens (primary N) is 1. The molecule has 0 aliphatic heterocycles. The van der Waals surface area contributed by atoms with Gasteiger partial charge in [0.05, 0.1) is 0 Å². The van der Waals surface area contributed by atoms with Crippen LogP contribution in [-0.4, -0.2) is 9.97 Å². The molecule has 2 N–H and O–H groups in total. The third kappa shape index (κ3) is 2.53. The molecule has 0 atom stereocenters. The van der Waals surface area contributed by atoms with E-state index in [9.17, 15) is 0 Å². The first kappa shape index (κ1) is 9.65. The van der Waals surface area contributed by atoms with Crippen LogP contribution in [0, 0.1) is 6.92 Å². The zero-order valence-electron chi connectivity index (χ0n) is 8.64. The molecule has 0 radical (unpaired) electrons. The van der Waals surface area contributed by atoms with Gasteiger partial charge in [-0.1, -0.05) is 6.07 Å². The molecule has 2 aromatic rings. The normalized spacial score (nSPS) is 10.2. The van der Waals surface area contributed by atoms with Gasteiger partial charge < -0.3 is 5.73 Å². The van der Waals surface area contributed by atoms with Crippen LogP contribution in [0.15, 0.2) is 36.7 Å². The van der Waals surface area contributed by atoms with Crippen LogP contribution in [0.4, 0.5) is 5.82 Å². The molecule has 2 aromatic heterocycles. The van der Waals surface area contributed by atoms with Crippen LogP contribution in [0.2, 0.25) is 0 Å². The van der Waals surface area contributed by atoms with Crippen LogP contribution in [0.1, 0.15) is 16.8 Å². The molecule has 0 saturated heterocycles. The highest BCUT2D eigenvalue weighted by Gasteiger charge is 1.97. The van der Waals surface area contributed by atoms with Crippen molar-refractivity contribution >= 4 is 5.82 Å². The molecule has 0 unspecified atom stereocenters. The molecule has 0 aliphatic carbocycles. The number of aromatic nitrogens is 2. The average Bonchev–Trinajstić information content (AvgIpc) is 2.22. The Morgan fingerprint density at radius 3 is 2.67 bits per heavy atom. The Hall–Kier alpha value is -1.90. The summed E-state index contributed by atoms with van der Waals surface area (Å²) in [6.45, 7) is 1.98. The Bertz CT molecular complexity index is 449. The summed E-state index contributed by atoms with van der Waals surface area (Å²) >= 11 is 0. The number of nitrogen functional groups attached to an aromatic ring is 1. The van der Waals surface area contributed by atoms with Crippen molar-refractivity contribution in [1.29, 1.82) is 0 Å². The van der Waals surface area contributed by atoms with Crippen molar-refractivity contribution in [1.82, 2.24) is 9.97 Å². The lowest BCUT2D eigenvalue weighted by atomic mass is 10.1. The number of rotatable bonds is 2. The van der Waals surface area contributed by atoms with Crippen LogP contribution < -0.4 is 5.73 Å². The van der Waals surface area contributed by atoms with Crippen molar-refractivity contribution < 1.29 is 0 Å². The minimum Gasteiger partial charge on any atom is -0.384 e. The third-order valence-corrected chi connectivity index (χ3v) is 2.23. The predicted molar refractivity (Wildman–Crippen MR) is 60.4 cm³/mol. The molecule has 0 amide bonds. The highest BCUT2D eigenvalue weighted by molar-refractivity contribution is 5.34. The van der Waals surface area contributed by atoms with Gasteiger partial charge in [-0.3, -0.25) is 4.98 Å². The van der Waals surface area contributed by atoms with E-state index in [-0.39, 0.29) is 0 Å². The van der Waals surface area contributed by atoms with Gasteiger partial charge in [-0.2, -0.15) is 0 Å². The second kappa shape index (κ2) is 4.09. The summed E-state index contributed by atoms with van der Waals surface area (Å²) in [5, 5.41) is 0. The second-order valence-electron chi connectivity index (χ2n) is 3.57. The van der Waals surface area contributed by atoms with Gasteiger partial charge in [0.2, 0.25) is 0 Å². The minimum atomic E-state index is 0.563. The molecule has 0 aliphatic rings. The maximum Gasteiger partial charge on any atom is 0.123 e. The average molecular weight is 199 g/mol. The Labute approximate surface area is 89.0 Å². The van der Waals surface area contributed by atoms with Gasteiger partial charge in [-0.15, -0.1) is 0 Å². The van der Waals surface area contributed by atoms with Crippen molar-refractivity contribution in [3.8, 4) is 0 Å². The maximum atomic E-state index is 5.61. The summed E-state index contributed by atoms with van der Waals surface area (Å²) in [6, 6.07) is 7.95. The lowest BCUT2D eigenvalue weighted by Gasteiger charge is -2.02. The monoisotopic (exact) mass is 199 g/mol. The smallest absolute Gasteiger partial charge is 0.123 e. The number of aryl methyl sites for hydroxylation is 1. The number of anilines is 1. The summed E-state index contributed by atoms with van der Waals surface area (Å²) in [7, 11) is 0. The first-order valence-electron chi connectivity index (χ1n) is 4.86. The summed E-state index contributed by atoms with van der Waals surface area (Å²) in [6.07, 6.45) is 4.47. The van der Waals surface area contributed by atoms with Crippen LogP contribution in [0.3, 0.4) is 0 Å². The van der Waals surface area contributed by atoms with E-state index in [1.807, 2.05) is 31.3 Å². The van der Waals surface area contributed by atoms with E-state index in [1.54, 1.807) is 6.20 Å². The van der Waals surface area contributed by atoms with Crippen LogP contribution in [0.25, 0.3) is 0 Å². The zero-order valence-corrected chi connectivity index (χ0v) is 8.64. The van der Waals surface area contributed by atoms with E-state index in [2.05, 4.69) is 16.0 Å². The van der Waals surface area contributed by atoms with Crippen LogP contribution in [0.5, 0.6) is 0 Å². The molecule has 2 rings (SSSR count). The summed E-state index contributed by atoms with van der Waals surface area (Å²) in [4.78, 5) is 8.21. The lowest BCUT2D eigenvalue weighted by Crippen LogP contribution is -1.94. The molecule has 0 spiro atoms. The fourth-order valence-electron chi connectivity index (χ4n) is 1.44. The Morgan fingerprint density at radius 1 is 1.13 bits per heavy atom. The molecule has 0 aromatic carbocycles. The van der Waals surface area contributed by atoms with E-state index in [0.717, 1.165) is 17.7 Å². The SMILES string of the molecule is Cc1ccc(Cc2ccnc(N)c2)cn1. The highest BCUT2D eigenvalue weighted by Crippen LogP contribution is 2.10. The zero-order chi connectivity index (χ0) is 10.7. The summed E-state index contributed by atoms with van der Waals surface area (Å²) in [5.74, 6) is 0.563. The van der Waals surface area contributed by atoms with Crippen LogP contribution in [-0.2, 0) is 6.42 Å². The minimum absolute atomic E-state index is 0.563. The largest absolute Gasteiger partial charge is 0.384 e. The molecular weight excluding hydrogens is 186 g/mol. The Kier molecular flexibility index (Phi) is 2.63. The number of nitrogens with zero attached hydrogens (tertiary/aromatic N) is 2. The van der Waals surface area contributed by atoms with Gasteiger partial charge in [-0.05, 0) is 42.7 Å². The van der Waals surface area contributed by atoms with Crippen molar-refractivity contribution in [3.63, 3.8) is 0 Å². The second-order valence-corrected chi connectivity index (χ2v) is 3.57. The van der Waals surface area contributed by atoms with Gasteiger partial charge in [0, 0.05) is 18.1 Å². The Balaban J connectivity index is 2.18. The van der Waals surface area contributed by atoms with Crippen molar-refractivity contribution in [2.45, 2.75) is 13.3 Å². The maximum absolute atomic E-state index is 5.61. The molecule has 0 saturated carbocycles. The van der Waals surface area contributed by atoms with E-state index < -0.39 is 0 Å². The fourth-order valence-corrected chi connectivity index (χ4v) is 1.44. The standard InChI is InChI=1S/C12H13N3/c1-9-2-3-11(8-15-9)6-10-4-5-14-12(13)7-10/h2-5,7-8H,6H2,1H3,(H2,13,14). The molecule has 2 heterocycles. The van der Waals surface area contributed by atoms with E-state index in [0.29, 0.717) is 5.82 Å². The fraction of sp³-hybridized carbons (Fsp3) is 0.167. The number of pyridine rings is 2. The first-order valence-corrected chi connectivity index (χ1v) is 4.86. The van der Waals surface area contributed by atoms with E-state index in [4.69, 9.17) is 5.73 Å². The molecule has 0 bridgehead atoms. The first-order chi connectivity index (χ1) is 7.24. The van der Waals surface area contributed by atoms with Crippen molar-refractivity contribution in [3.05, 3.63) is 53.5 Å². The van der Waals surface area contributed by atoms with Gasteiger partial charge in [-0.25, -0.2) is 4.98 Å². The van der Waals surface area contributed by atoms with Gasteiger partial charge >= 0.3 is 0 Å². The number of hydrogen-bond acceptors (Lipinski definition) is 3. The molecule has 76 valence electrons.